The second-order valence-corrected chi connectivity index (χ2v) is 3.54. The van der Waals surface area contributed by atoms with Crippen LogP contribution in [0.4, 0.5) is 0 Å². The van der Waals surface area contributed by atoms with E-state index in [1.165, 1.54) is 0 Å². The summed E-state index contributed by atoms with van der Waals surface area (Å²) < 4.78 is 5.42. The van der Waals surface area contributed by atoms with Crippen LogP contribution < -0.4 is 5.73 Å². The maximum Gasteiger partial charge on any atom is 0.133 e. The average molecular weight is 185 g/mol. The Hall–Kier alpha value is -0.540. The zero-order chi connectivity index (χ0) is 9.73. The fourth-order valence-electron chi connectivity index (χ4n) is 1.62. The molecule has 13 heavy (non-hydrogen) atoms. The van der Waals surface area contributed by atoms with Crippen molar-refractivity contribution in [3.63, 3.8) is 0 Å². The van der Waals surface area contributed by atoms with Crippen molar-refractivity contribution < 1.29 is 9.84 Å². The van der Waals surface area contributed by atoms with Crippen molar-refractivity contribution in [1.29, 1.82) is 0 Å². The minimum Gasteiger partial charge on any atom is -0.495 e. The zero-order valence-corrected chi connectivity index (χ0v) is 8.25. The molecule has 3 heteroatoms. The van der Waals surface area contributed by atoms with Crippen molar-refractivity contribution in [3.8, 4) is 0 Å². The van der Waals surface area contributed by atoms with Crippen molar-refractivity contribution >= 4 is 0 Å². The van der Waals surface area contributed by atoms with Crippen LogP contribution in [0.25, 0.3) is 0 Å². The van der Waals surface area contributed by atoms with Gasteiger partial charge in [-0.25, -0.2) is 0 Å². The van der Waals surface area contributed by atoms with Gasteiger partial charge in [0.15, 0.2) is 0 Å². The zero-order valence-electron chi connectivity index (χ0n) is 8.25. The minimum absolute atomic E-state index is 0.243. The monoisotopic (exact) mass is 185 g/mol. The van der Waals surface area contributed by atoms with Crippen LogP contribution >= 0.6 is 0 Å². The summed E-state index contributed by atoms with van der Waals surface area (Å²) in [5.41, 5.74) is 4.63. The molecule has 0 aliphatic carbocycles. The van der Waals surface area contributed by atoms with Crippen molar-refractivity contribution in [3.05, 3.63) is 11.8 Å². The van der Waals surface area contributed by atoms with Crippen LogP contribution in [0.5, 0.6) is 0 Å². The Balaban J connectivity index is 2.68. The number of hydrogen-bond donors (Lipinski definition) is 2. The third-order valence-corrected chi connectivity index (χ3v) is 2.40. The fourth-order valence-corrected chi connectivity index (χ4v) is 1.62. The molecule has 1 atom stereocenters. The highest BCUT2D eigenvalue weighted by Gasteiger charge is 2.31. The Labute approximate surface area is 79.6 Å². The molecule has 1 heterocycles. The van der Waals surface area contributed by atoms with Gasteiger partial charge in [0, 0.05) is 6.54 Å². The fraction of sp³-hybridized carbons (Fsp3) is 0.800. The SMILES string of the molecule is CCCC(O)(CN)C1=CCCCO1. The first kappa shape index (κ1) is 10.5. The quantitative estimate of drug-likeness (QED) is 0.691. The Morgan fingerprint density at radius 3 is 2.92 bits per heavy atom. The molecule has 76 valence electrons. The standard InChI is InChI=1S/C10H19NO2/c1-2-6-10(12,8-11)9-5-3-4-7-13-9/h5,12H,2-4,6-8,11H2,1H3. The van der Waals surface area contributed by atoms with Gasteiger partial charge >= 0.3 is 0 Å². The predicted octanol–water partition coefficient (Wildman–Crippen LogP) is 1.17. The number of allylic oxidation sites excluding steroid dienone is 1. The number of ether oxygens (including phenoxy) is 1. The topological polar surface area (TPSA) is 55.5 Å². The van der Waals surface area contributed by atoms with Crippen molar-refractivity contribution in [2.24, 2.45) is 5.73 Å². The summed E-state index contributed by atoms with van der Waals surface area (Å²) in [4.78, 5) is 0. The van der Waals surface area contributed by atoms with Gasteiger partial charge in [-0.1, -0.05) is 13.3 Å². The molecule has 0 amide bonds. The molecule has 3 nitrogen and oxygen atoms in total. The second kappa shape index (κ2) is 4.63. The summed E-state index contributed by atoms with van der Waals surface area (Å²) >= 11 is 0. The van der Waals surface area contributed by atoms with E-state index in [0.717, 1.165) is 19.3 Å². The maximum atomic E-state index is 10.1. The van der Waals surface area contributed by atoms with E-state index in [9.17, 15) is 5.11 Å². The molecule has 0 saturated heterocycles. The summed E-state index contributed by atoms with van der Waals surface area (Å²) in [7, 11) is 0. The second-order valence-electron chi connectivity index (χ2n) is 3.54. The lowest BCUT2D eigenvalue weighted by molar-refractivity contribution is 0.00407. The van der Waals surface area contributed by atoms with Gasteiger partial charge in [-0.15, -0.1) is 0 Å². The minimum atomic E-state index is -0.921. The first-order chi connectivity index (χ1) is 6.23. The molecular formula is C10H19NO2. The van der Waals surface area contributed by atoms with E-state index in [4.69, 9.17) is 10.5 Å². The smallest absolute Gasteiger partial charge is 0.133 e. The first-order valence-corrected chi connectivity index (χ1v) is 4.99. The number of hydrogen-bond acceptors (Lipinski definition) is 3. The van der Waals surface area contributed by atoms with Gasteiger partial charge < -0.3 is 15.6 Å². The van der Waals surface area contributed by atoms with Crippen molar-refractivity contribution in [2.45, 2.75) is 38.2 Å². The predicted molar refractivity (Wildman–Crippen MR) is 52.2 cm³/mol. The van der Waals surface area contributed by atoms with Crippen LogP contribution in [-0.4, -0.2) is 23.9 Å². The van der Waals surface area contributed by atoms with Gasteiger partial charge in [0.05, 0.1) is 6.61 Å². The summed E-state index contributed by atoms with van der Waals surface area (Å²) in [5, 5.41) is 10.1. The van der Waals surface area contributed by atoms with E-state index in [2.05, 4.69) is 0 Å². The largest absolute Gasteiger partial charge is 0.495 e. The molecule has 0 bridgehead atoms. The normalized spacial score (nSPS) is 21.6. The molecule has 3 N–H and O–H groups in total. The van der Waals surface area contributed by atoms with Gasteiger partial charge in [0.25, 0.3) is 0 Å². The Morgan fingerprint density at radius 2 is 2.46 bits per heavy atom. The molecule has 0 aromatic carbocycles. The van der Waals surface area contributed by atoms with Crippen molar-refractivity contribution in [2.75, 3.05) is 13.2 Å². The molecule has 0 aromatic rings. The van der Waals surface area contributed by atoms with E-state index in [1.54, 1.807) is 0 Å². The van der Waals surface area contributed by atoms with E-state index in [-0.39, 0.29) is 6.54 Å². The highest BCUT2D eigenvalue weighted by atomic mass is 16.5. The number of aliphatic hydroxyl groups is 1. The van der Waals surface area contributed by atoms with Crippen LogP contribution in [-0.2, 0) is 4.74 Å². The molecule has 0 aromatic heterocycles. The average Bonchev–Trinajstić information content (AvgIpc) is 2.19. The van der Waals surface area contributed by atoms with Gasteiger partial charge in [-0.3, -0.25) is 0 Å². The first-order valence-electron chi connectivity index (χ1n) is 4.99. The lowest BCUT2D eigenvalue weighted by Crippen LogP contribution is -2.41. The number of rotatable bonds is 4. The van der Waals surface area contributed by atoms with Gasteiger partial charge in [0.2, 0.25) is 0 Å². The molecule has 1 aliphatic rings. The molecule has 0 radical (unpaired) electrons. The van der Waals surface area contributed by atoms with Crippen LogP contribution in [0.2, 0.25) is 0 Å². The van der Waals surface area contributed by atoms with Gasteiger partial charge in [0.1, 0.15) is 11.4 Å². The summed E-state index contributed by atoms with van der Waals surface area (Å²) in [6, 6.07) is 0. The van der Waals surface area contributed by atoms with Crippen LogP contribution in [0.3, 0.4) is 0 Å². The van der Waals surface area contributed by atoms with Crippen LogP contribution in [0, 0.1) is 0 Å². The lowest BCUT2D eigenvalue weighted by Gasteiger charge is -2.30. The Morgan fingerprint density at radius 1 is 1.69 bits per heavy atom. The Kier molecular flexibility index (Phi) is 3.75. The van der Waals surface area contributed by atoms with Gasteiger partial charge in [-0.2, -0.15) is 0 Å². The molecule has 0 saturated carbocycles. The summed E-state index contributed by atoms with van der Waals surface area (Å²) in [6.07, 6.45) is 5.58. The maximum absolute atomic E-state index is 10.1. The van der Waals surface area contributed by atoms with E-state index in [1.807, 2.05) is 13.0 Å². The Bertz CT molecular complexity index is 191. The lowest BCUT2D eigenvalue weighted by atomic mass is 9.94. The van der Waals surface area contributed by atoms with E-state index < -0.39 is 5.60 Å². The molecule has 1 aliphatic heterocycles. The molecule has 1 unspecified atom stereocenters. The molecule has 0 fully saturated rings. The highest BCUT2D eigenvalue weighted by Crippen LogP contribution is 2.26. The summed E-state index contributed by atoms with van der Waals surface area (Å²) in [5.74, 6) is 0.683. The van der Waals surface area contributed by atoms with Crippen LogP contribution in [0.15, 0.2) is 11.8 Å². The molecular weight excluding hydrogens is 166 g/mol. The third-order valence-electron chi connectivity index (χ3n) is 2.40. The highest BCUT2D eigenvalue weighted by molar-refractivity contribution is 5.12. The molecule has 1 rings (SSSR count). The third kappa shape index (κ3) is 2.45. The van der Waals surface area contributed by atoms with Crippen LogP contribution in [0.1, 0.15) is 32.6 Å². The van der Waals surface area contributed by atoms with E-state index in [0.29, 0.717) is 18.8 Å². The van der Waals surface area contributed by atoms with Gasteiger partial charge in [-0.05, 0) is 25.3 Å². The molecule has 0 spiro atoms. The van der Waals surface area contributed by atoms with Crippen molar-refractivity contribution in [1.82, 2.24) is 0 Å². The number of nitrogens with two attached hydrogens (primary N) is 1. The summed E-state index contributed by atoms with van der Waals surface area (Å²) in [6.45, 7) is 2.98. The van der Waals surface area contributed by atoms with E-state index >= 15 is 0 Å².